The summed E-state index contributed by atoms with van der Waals surface area (Å²) in [6, 6.07) is 25.0. The second-order valence-electron chi connectivity index (χ2n) is 6.14. The first-order chi connectivity index (χ1) is 13.7. The molecule has 5 nitrogen and oxygen atoms in total. The van der Waals surface area contributed by atoms with Gasteiger partial charge >= 0.3 is 0 Å². The predicted molar refractivity (Wildman–Crippen MR) is 107 cm³/mol. The summed E-state index contributed by atoms with van der Waals surface area (Å²) >= 11 is 6.01. The van der Waals surface area contributed by atoms with Crippen LogP contribution in [0.5, 0.6) is 0 Å². The lowest BCUT2D eigenvalue weighted by Gasteiger charge is -2.16. The van der Waals surface area contributed by atoms with Crippen molar-refractivity contribution in [1.29, 1.82) is 0 Å². The fourth-order valence-electron chi connectivity index (χ4n) is 2.80. The molecule has 0 saturated heterocycles. The molecule has 1 heterocycles. The van der Waals surface area contributed by atoms with E-state index < -0.39 is 6.04 Å². The minimum atomic E-state index is -0.602. The van der Waals surface area contributed by atoms with E-state index in [-0.39, 0.29) is 5.91 Å². The molecule has 1 aromatic heterocycles. The fourth-order valence-corrected chi connectivity index (χ4v) is 2.92. The normalized spacial score (nSPS) is 11.8. The van der Waals surface area contributed by atoms with E-state index in [2.05, 4.69) is 15.5 Å². The van der Waals surface area contributed by atoms with Crippen LogP contribution >= 0.6 is 11.6 Å². The summed E-state index contributed by atoms with van der Waals surface area (Å²) in [7, 11) is 0. The fraction of sp³-hybridized carbons (Fsp3) is 0.0455. The first-order valence-electron chi connectivity index (χ1n) is 8.71. The molecular weight excluding hydrogens is 374 g/mol. The van der Waals surface area contributed by atoms with Crippen LogP contribution in [0.4, 0.5) is 0 Å². The Morgan fingerprint density at radius 3 is 2.18 bits per heavy atom. The molecule has 0 radical (unpaired) electrons. The Kier molecular flexibility index (Phi) is 5.17. The van der Waals surface area contributed by atoms with E-state index >= 15 is 0 Å². The first-order valence-corrected chi connectivity index (χ1v) is 9.09. The van der Waals surface area contributed by atoms with Gasteiger partial charge in [0.25, 0.3) is 5.91 Å². The summed E-state index contributed by atoms with van der Waals surface area (Å²) in [5, 5.41) is 11.9. The zero-order valence-electron chi connectivity index (χ0n) is 14.7. The Morgan fingerprint density at radius 1 is 0.857 bits per heavy atom. The van der Waals surface area contributed by atoms with Crippen molar-refractivity contribution in [3.63, 3.8) is 0 Å². The van der Waals surface area contributed by atoms with Crippen molar-refractivity contribution in [1.82, 2.24) is 15.5 Å². The number of amides is 1. The van der Waals surface area contributed by atoms with Gasteiger partial charge in [0, 0.05) is 16.1 Å². The van der Waals surface area contributed by atoms with Gasteiger partial charge in [-0.1, -0.05) is 60.1 Å². The maximum absolute atomic E-state index is 12.7. The van der Waals surface area contributed by atoms with Crippen molar-refractivity contribution < 1.29 is 9.21 Å². The second-order valence-corrected chi connectivity index (χ2v) is 6.57. The van der Waals surface area contributed by atoms with Gasteiger partial charge in [-0.3, -0.25) is 4.79 Å². The summed E-state index contributed by atoms with van der Waals surface area (Å²) < 4.78 is 5.88. The molecule has 4 rings (SSSR count). The number of hydrogen-bond donors (Lipinski definition) is 1. The molecule has 3 aromatic carbocycles. The summed E-state index contributed by atoms with van der Waals surface area (Å²) in [5.41, 5.74) is 2.15. The van der Waals surface area contributed by atoms with Crippen molar-refractivity contribution in [2.75, 3.05) is 0 Å². The molecule has 4 aromatic rings. The third-order valence-electron chi connectivity index (χ3n) is 4.22. The number of carbonyl (C=O) groups is 1. The van der Waals surface area contributed by atoms with E-state index in [1.54, 1.807) is 24.3 Å². The third kappa shape index (κ3) is 3.94. The average Bonchev–Trinajstić information content (AvgIpc) is 3.24. The highest BCUT2D eigenvalue weighted by molar-refractivity contribution is 6.30. The van der Waals surface area contributed by atoms with Crippen LogP contribution in [0.2, 0.25) is 5.02 Å². The first kappa shape index (κ1) is 17.9. The smallest absolute Gasteiger partial charge is 0.252 e. The number of nitrogens with one attached hydrogen (secondary N) is 1. The number of nitrogens with zero attached hydrogens (tertiary/aromatic N) is 2. The van der Waals surface area contributed by atoms with Gasteiger partial charge in [-0.2, -0.15) is 0 Å². The summed E-state index contributed by atoms with van der Waals surface area (Å²) in [5.74, 6) is 0.453. The Hall–Kier alpha value is -3.44. The van der Waals surface area contributed by atoms with E-state index in [0.717, 1.165) is 11.1 Å². The largest absolute Gasteiger partial charge is 0.418 e. The maximum Gasteiger partial charge on any atom is 0.252 e. The van der Waals surface area contributed by atoms with Crippen LogP contribution in [0.3, 0.4) is 0 Å². The van der Waals surface area contributed by atoms with Crippen molar-refractivity contribution in [3.8, 4) is 11.5 Å². The molecule has 0 aliphatic heterocycles. The molecule has 0 unspecified atom stereocenters. The van der Waals surface area contributed by atoms with E-state index in [9.17, 15) is 4.79 Å². The van der Waals surface area contributed by atoms with E-state index in [4.69, 9.17) is 16.0 Å². The van der Waals surface area contributed by atoms with E-state index in [1.165, 1.54) is 0 Å². The average molecular weight is 390 g/mol. The molecule has 0 aliphatic rings. The summed E-state index contributed by atoms with van der Waals surface area (Å²) in [6.45, 7) is 0. The Morgan fingerprint density at radius 2 is 1.50 bits per heavy atom. The minimum Gasteiger partial charge on any atom is -0.418 e. The number of hydrogen-bond acceptors (Lipinski definition) is 4. The third-order valence-corrected chi connectivity index (χ3v) is 4.48. The molecule has 1 N–H and O–H groups in total. The zero-order chi connectivity index (χ0) is 19.3. The topological polar surface area (TPSA) is 68.0 Å². The maximum atomic E-state index is 12.7. The van der Waals surface area contributed by atoms with Crippen LogP contribution in [-0.4, -0.2) is 16.1 Å². The summed E-state index contributed by atoms with van der Waals surface area (Å²) in [6.07, 6.45) is 0. The second kappa shape index (κ2) is 8.06. The Balaban J connectivity index is 1.68. The van der Waals surface area contributed by atoms with Crippen molar-refractivity contribution >= 4 is 17.5 Å². The molecule has 28 heavy (non-hydrogen) atoms. The van der Waals surface area contributed by atoms with Crippen LogP contribution in [-0.2, 0) is 0 Å². The summed E-state index contributed by atoms with van der Waals surface area (Å²) in [4.78, 5) is 12.7. The van der Waals surface area contributed by atoms with Gasteiger partial charge in [0.05, 0.1) is 0 Å². The van der Waals surface area contributed by atoms with Gasteiger partial charge in [0.2, 0.25) is 11.8 Å². The molecule has 0 fully saturated rings. The highest BCUT2D eigenvalue weighted by Gasteiger charge is 2.24. The molecule has 1 atom stereocenters. The van der Waals surface area contributed by atoms with Gasteiger partial charge in [0.1, 0.15) is 6.04 Å². The van der Waals surface area contributed by atoms with E-state index in [1.807, 2.05) is 60.7 Å². The van der Waals surface area contributed by atoms with Gasteiger partial charge in [-0.25, -0.2) is 0 Å². The number of aromatic nitrogens is 2. The van der Waals surface area contributed by atoms with Crippen molar-refractivity contribution in [3.05, 3.63) is 107 Å². The number of halogens is 1. The zero-order valence-corrected chi connectivity index (χ0v) is 15.5. The Labute approximate surface area is 167 Å². The van der Waals surface area contributed by atoms with E-state index in [0.29, 0.717) is 22.4 Å². The van der Waals surface area contributed by atoms with Gasteiger partial charge < -0.3 is 9.73 Å². The quantitative estimate of drug-likeness (QED) is 0.526. The highest BCUT2D eigenvalue weighted by atomic mass is 35.5. The van der Waals surface area contributed by atoms with Gasteiger partial charge in [0.15, 0.2) is 0 Å². The SMILES string of the molecule is O=C(N[C@@H](c1ccc(Cl)cc1)c1nnc(-c2ccccc2)o1)c1ccccc1. The van der Waals surface area contributed by atoms with Crippen molar-refractivity contribution in [2.24, 2.45) is 0 Å². The molecule has 0 aliphatic carbocycles. The standard InChI is InChI=1S/C22H16ClN3O2/c23-18-13-11-15(12-14-18)19(24-20(27)16-7-3-1-4-8-16)22-26-25-21(28-22)17-9-5-2-6-10-17/h1-14,19H,(H,24,27)/t19-/m0/s1. The van der Waals surface area contributed by atoms with Crippen LogP contribution in [0.1, 0.15) is 27.9 Å². The molecule has 0 bridgehead atoms. The molecule has 0 spiro atoms. The number of benzene rings is 3. The van der Waals surface area contributed by atoms with Crippen LogP contribution in [0.15, 0.2) is 89.3 Å². The van der Waals surface area contributed by atoms with Crippen LogP contribution in [0, 0.1) is 0 Å². The lowest BCUT2D eigenvalue weighted by atomic mass is 10.1. The molecule has 6 heteroatoms. The van der Waals surface area contributed by atoms with Crippen molar-refractivity contribution in [2.45, 2.75) is 6.04 Å². The predicted octanol–water partition coefficient (Wildman–Crippen LogP) is 4.91. The highest BCUT2D eigenvalue weighted by Crippen LogP contribution is 2.26. The van der Waals surface area contributed by atoms with Gasteiger partial charge in [-0.05, 0) is 42.0 Å². The van der Waals surface area contributed by atoms with Crippen LogP contribution < -0.4 is 5.32 Å². The molecule has 0 saturated carbocycles. The number of carbonyl (C=O) groups excluding carboxylic acids is 1. The lowest BCUT2D eigenvalue weighted by molar-refractivity contribution is 0.0938. The minimum absolute atomic E-state index is 0.236. The number of rotatable bonds is 5. The monoisotopic (exact) mass is 389 g/mol. The lowest BCUT2D eigenvalue weighted by Crippen LogP contribution is -2.29. The molecule has 138 valence electrons. The Bertz CT molecular complexity index is 1060. The molecular formula is C22H16ClN3O2. The molecule has 1 amide bonds. The van der Waals surface area contributed by atoms with Crippen LogP contribution in [0.25, 0.3) is 11.5 Å². The van der Waals surface area contributed by atoms with Gasteiger partial charge in [-0.15, -0.1) is 10.2 Å².